The molecule has 1 saturated heterocycles. The first-order valence-electron chi connectivity index (χ1n) is 8.81. The molecule has 28 heavy (non-hydrogen) atoms. The molecule has 3 rings (SSSR count). The van der Waals surface area contributed by atoms with Crippen molar-refractivity contribution < 1.29 is 33.2 Å². The van der Waals surface area contributed by atoms with E-state index in [0.29, 0.717) is 10.7 Å². The lowest BCUT2D eigenvalue weighted by atomic mass is 9.81. The molecule has 0 aliphatic carbocycles. The molecule has 1 aromatic carbocycles. The van der Waals surface area contributed by atoms with Gasteiger partial charge in [-0.15, -0.1) is 0 Å². The van der Waals surface area contributed by atoms with Gasteiger partial charge in [0, 0.05) is 14.1 Å². The summed E-state index contributed by atoms with van der Waals surface area (Å²) in [6.45, 7) is 0. The summed E-state index contributed by atoms with van der Waals surface area (Å²) in [6.07, 6.45) is -11.4. The van der Waals surface area contributed by atoms with E-state index in [4.69, 9.17) is 4.74 Å². The number of fused-ring (bicyclic) bond motifs is 1. The van der Waals surface area contributed by atoms with E-state index >= 15 is 0 Å². The number of aliphatic hydroxyl groups is 3. The van der Waals surface area contributed by atoms with Crippen molar-refractivity contribution in [3.63, 3.8) is 0 Å². The predicted octanol–water partition coefficient (Wildman–Crippen LogP) is 1.39. The minimum absolute atomic E-state index is 0.0692. The molecule has 6 nitrogen and oxygen atoms in total. The summed E-state index contributed by atoms with van der Waals surface area (Å²) in [5, 5.41) is 31.9. The number of ether oxygens (including phenoxy) is 1. The van der Waals surface area contributed by atoms with Crippen LogP contribution in [0.5, 0.6) is 0 Å². The maximum absolute atomic E-state index is 13.9. The van der Waals surface area contributed by atoms with Crippen LogP contribution in [0.2, 0.25) is 0 Å². The van der Waals surface area contributed by atoms with Crippen molar-refractivity contribution in [3.05, 3.63) is 35.9 Å². The average molecular weight is 420 g/mol. The molecule has 3 N–H and O–H groups in total. The highest BCUT2D eigenvalue weighted by Crippen LogP contribution is 2.45. The minimum Gasteiger partial charge on any atom is -0.388 e. The molecule has 1 aromatic rings. The molecule has 1 fully saturated rings. The van der Waals surface area contributed by atoms with E-state index in [9.17, 15) is 28.5 Å². The number of rotatable bonds is 4. The number of nitrogens with zero attached hydrogens (tertiary/aromatic N) is 2. The van der Waals surface area contributed by atoms with Gasteiger partial charge in [0.2, 0.25) is 0 Å². The Bertz CT molecular complexity index is 719. The number of alkyl halides is 3. The van der Waals surface area contributed by atoms with E-state index in [1.54, 1.807) is 49.3 Å². The van der Waals surface area contributed by atoms with Crippen molar-refractivity contribution in [2.45, 2.75) is 54.4 Å². The summed E-state index contributed by atoms with van der Waals surface area (Å²) in [7, 11) is 3.41. The molecule has 0 spiro atoms. The molecule has 2 aliphatic heterocycles. The number of hydrogen-bond donors (Lipinski definition) is 3. The van der Waals surface area contributed by atoms with Crippen molar-refractivity contribution >= 4 is 16.9 Å². The maximum atomic E-state index is 13.9. The fourth-order valence-electron chi connectivity index (χ4n) is 3.38. The fourth-order valence-corrected chi connectivity index (χ4v) is 4.52. The zero-order valence-corrected chi connectivity index (χ0v) is 16.2. The number of thioether (sulfide) groups is 1. The molecular weight excluding hydrogens is 397 g/mol. The highest BCUT2D eigenvalue weighted by molar-refractivity contribution is 8.14. The van der Waals surface area contributed by atoms with Gasteiger partial charge < -0.3 is 25.0 Å². The van der Waals surface area contributed by atoms with Crippen LogP contribution in [0.4, 0.5) is 13.2 Å². The second-order valence-electron chi connectivity index (χ2n) is 7.23. The van der Waals surface area contributed by atoms with Gasteiger partial charge in [0.15, 0.2) is 10.8 Å². The first-order valence-corrected chi connectivity index (χ1v) is 9.69. The maximum Gasteiger partial charge on any atom is 0.419 e. The number of aliphatic imine (C=N–C) groups is 1. The SMILES string of the molecule is CN(C)C1=NC2C(OC(C(O)(CCc3ccccc3)C(F)(F)F)C(O)C2O)S1. The molecule has 6 unspecified atom stereocenters. The first kappa shape index (κ1) is 21.4. The van der Waals surface area contributed by atoms with Gasteiger partial charge in [0.25, 0.3) is 0 Å². The highest BCUT2D eigenvalue weighted by Gasteiger charge is 2.65. The lowest BCUT2D eigenvalue weighted by Gasteiger charge is -2.46. The molecule has 156 valence electrons. The second-order valence-corrected chi connectivity index (χ2v) is 8.29. The molecular formula is C18H23F3N2O4S. The van der Waals surface area contributed by atoms with Gasteiger partial charge in [-0.3, -0.25) is 4.99 Å². The summed E-state index contributed by atoms with van der Waals surface area (Å²) >= 11 is 1.06. The van der Waals surface area contributed by atoms with Gasteiger partial charge in [-0.05, 0) is 18.4 Å². The smallest absolute Gasteiger partial charge is 0.388 e. The average Bonchev–Trinajstić information content (AvgIpc) is 3.07. The zero-order chi connectivity index (χ0) is 20.7. The number of aryl methyl sites for hydroxylation is 1. The van der Waals surface area contributed by atoms with Crippen LogP contribution in [-0.2, 0) is 11.2 Å². The van der Waals surface area contributed by atoms with E-state index in [1.807, 2.05) is 0 Å². The van der Waals surface area contributed by atoms with Crippen LogP contribution in [0, 0.1) is 0 Å². The van der Waals surface area contributed by atoms with Crippen molar-refractivity contribution in [2.24, 2.45) is 4.99 Å². The summed E-state index contributed by atoms with van der Waals surface area (Å²) in [6, 6.07) is 7.53. The number of halogens is 3. The number of amidine groups is 1. The Hall–Kier alpha value is -1.33. The van der Waals surface area contributed by atoms with Crippen molar-refractivity contribution in [2.75, 3.05) is 14.1 Å². The van der Waals surface area contributed by atoms with Gasteiger partial charge >= 0.3 is 6.18 Å². The van der Waals surface area contributed by atoms with E-state index in [2.05, 4.69) is 4.99 Å². The standard InChI is InChI=1S/C18H23F3N2O4S/c1-23(2)16-22-11-12(24)13(25)14(27-15(11)28-16)17(26,18(19,20)21)9-8-10-6-4-3-5-7-10/h3-7,11-15,24-26H,8-9H2,1-2H3. The summed E-state index contributed by atoms with van der Waals surface area (Å²) < 4.78 is 47.1. The number of hydrogen-bond acceptors (Lipinski definition) is 7. The van der Waals surface area contributed by atoms with Gasteiger partial charge in [0.1, 0.15) is 29.8 Å². The third-order valence-electron chi connectivity index (χ3n) is 5.03. The van der Waals surface area contributed by atoms with Crippen molar-refractivity contribution in [3.8, 4) is 0 Å². The second kappa shape index (κ2) is 7.83. The van der Waals surface area contributed by atoms with Gasteiger partial charge in [-0.2, -0.15) is 13.2 Å². The number of benzene rings is 1. The lowest BCUT2D eigenvalue weighted by Crippen LogP contribution is -2.67. The minimum atomic E-state index is -5.06. The number of aliphatic hydroxyl groups excluding tert-OH is 2. The van der Waals surface area contributed by atoms with E-state index in [-0.39, 0.29) is 6.42 Å². The van der Waals surface area contributed by atoms with Crippen LogP contribution >= 0.6 is 11.8 Å². The predicted molar refractivity (Wildman–Crippen MR) is 98.9 cm³/mol. The van der Waals surface area contributed by atoms with E-state index < -0.39 is 48.0 Å². The molecule has 0 aromatic heterocycles. The van der Waals surface area contributed by atoms with Crippen molar-refractivity contribution in [1.82, 2.24) is 4.90 Å². The molecule has 0 radical (unpaired) electrons. The van der Waals surface area contributed by atoms with Crippen LogP contribution in [0.1, 0.15) is 12.0 Å². The lowest BCUT2D eigenvalue weighted by molar-refractivity contribution is -0.326. The third kappa shape index (κ3) is 3.88. The monoisotopic (exact) mass is 420 g/mol. The molecule has 2 heterocycles. The Morgan fingerprint density at radius 1 is 1.14 bits per heavy atom. The largest absolute Gasteiger partial charge is 0.419 e. The summed E-state index contributed by atoms with van der Waals surface area (Å²) in [4.78, 5) is 5.87. The van der Waals surface area contributed by atoms with Gasteiger partial charge in [0.05, 0.1) is 0 Å². The zero-order valence-electron chi connectivity index (χ0n) is 15.4. The molecule has 2 aliphatic rings. The van der Waals surface area contributed by atoms with E-state index in [1.165, 1.54) is 0 Å². The van der Waals surface area contributed by atoms with Crippen LogP contribution in [0.15, 0.2) is 35.3 Å². The fraction of sp³-hybridized carbons (Fsp3) is 0.611. The summed E-state index contributed by atoms with van der Waals surface area (Å²) in [5.41, 5.74) is -3.64. The molecule has 10 heteroatoms. The van der Waals surface area contributed by atoms with Gasteiger partial charge in [-0.25, -0.2) is 0 Å². The topological polar surface area (TPSA) is 85.5 Å². The van der Waals surface area contributed by atoms with E-state index in [0.717, 1.165) is 11.8 Å². The Morgan fingerprint density at radius 3 is 2.36 bits per heavy atom. The molecule has 0 amide bonds. The van der Waals surface area contributed by atoms with Gasteiger partial charge in [-0.1, -0.05) is 42.1 Å². The van der Waals surface area contributed by atoms with Crippen LogP contribution < -0.4 is 0 Å². The molecule has 0 bridgehead atoms. The highest BCUT2D eigenvalue weighted by atomic mass is 32.2. The van der Waals surface area contributed by atoms with Crippen LogP contribution in [0.3, 0.4) is 0 Å². The Labute approximate surface area is 165 Å². The quantitative estimate of drug-likeness (QED) is 0.683. The first-order chi connectivity index (χ1) is 13.0. The van der Waals surface area contributed by atoms with Crippen LogP contribution in [-0.4, -0.2) is 81.0 Å². The van der Waals surface area contributed by atoms with Crippen LogP contribution in [0.25, 0.3) is 0 Å². The molecule has 0 saturated carbocycles. The Balaban J connectivity index is 1.84. The Morgan fingerprint density at radius 2 is 1.79 bits per heavy atom. The summed E-state index contributed by atoms with van der Waals surface area (Å²) in [5.74, 6) is 0. The normalized spacial score (nSPS) is 32.4. The molecule has 6 atom stereocenters. The third-order valence-corrected chi connectivity index (χ3v) is 6.34. The van der Waals surface area contributed by atoms with Crippen molar-refractivity contribution in [1.29, 1.82) is 0 Å². The Kier molecular flexibility index (Phi) is 5.98.